The molecule has 0 aromatic carbocycles. The lowest BCUT2D eigenvalue weighted by atomic mass is 10.2. The Kier molecular flexibility index (Phi) is 7.40. The van der Waals surface area contributed by atoms with Crippen LogP contribution in [0.4, 0.5) is 0 Å². The van der Waals surface area contributed by atoms with E-state index >= 15 is 0 Å². The summed E-state index contributed by atoms with van der Waals surface area (Å²) in [4.78, 5) is 4.20. The first kappa shape index (κ1) is 15.9. The van der Waals surface area contributed by atoms with Gasteiger partial charge < -0.3 is 20.4 Å². The van der Waals surface area contributed by atoms with Crippen LogP contribution in [0.25, 0.3) is 0 Å². The van der Waals surface area contributed by atoms with Gasteiger partial charge in [0, 0.05) is 25.8 Å². The van der Waals surface area contributed by atoms with Crippen LogP contribution in [0.5, 0.6) is 0 Å². The van der Waals surface area contributed by atoms with Gasteiger partial charge in [-0.1, -0.05) is 19.1 Å². The highest BCUT2D eigenvalue weighted by Gasteiger charge is 2.13. The fourth-order valence-corrected chi connectivity index (χ4v) is 1.91. The van der Waals surface area contributed by atoms with Gasteiger partial charge in [0.25, 0.3) is 0 Å². The van der Waals surface area contributed by atoms with E-state index in [0.29, 0.717) is 19.8 Å². The van der Waals surface area contributed by atoms with Gasteiger partial charge in [-0.2, -0.15) is 0 Å². The molecule has 1 atom stereocenters. The van der Waals surface area contributed by atoms with Crippen LogP contribution in [0.3, 0.4) is 0 Å². The van der Waals surface area contributed by atoms with Gasteiger partial charge in [0.1, 0.15) is 0 Å². The minimum atomic E-state index is 0.127. The van der Waals surface area contributed by atoms with Crippen molar-refractivity contribution in [2.24, 2.45) is 5.73 Å². The maximum atomic E-state index is 5.83. The molecule has 0 bridgehead atoms. The molecule has 1 aromatic heterocycles. The van der Waals surface area contributed by atoms with E-state index in [4.69, 9.17) is 10.5 Å². The molecular weight excluding hydrogens is 240 g/mol. The summed E-state index contributed by atoms with van der Waals surface area (Å²) in [6.45, 7) is 11.5. The second kappa shape index (κ2) is 8.85. The lowest BCUT2D eigenvalue weighted by molar-refractivity contribution is 0.155. The number of hydrogen-bond donors (Lipinski definition) is 2. The first-order valence-corrected chi connectivity index (χ1v) is 6.84. The normalized spacial score (nSPS) is 12.6. The average Bonchev–Trinajstić information content (AvgIpc) is 2.82. The third-order valence-electron chi connectivity index (χ3n) is 2.79. The SMILES string of the molecule is C=C(C)COCCNC(CN)c1cncn1CCC. The maximum Gasteiger partial charge on any atom is 0.0948 e. The summed E-state index contributed by atoms with van der Waals surface area (Å²) < 4.78 is 7.61. The Bertz CT molecular complexity index is 375. The highest BCUT2D eigenvalue weighted by molar-refractivity contribution is 5.06. The second-order valence-corrected chi connectivity index (χ2v) is 4.76. The van der Waals surface area contributed by atoms with Crippen molar-refractivity contribution in [3.05, 3.63) is 30.4 Å². The summed E-state index contributed by atoms with van der Waals surface area (Å²) in [6.07, 6.45) is 4.83. The third kappa shape index (κ3) is 5.55. The van der Waals surface area contributed by atoms with E-state index in [1.165, 1.54) is 0 Å². The van der Waals surface area contributed by atoms with Crippen LogP contribution in [0.2, 0.25) is 0 Å². The Morgan fingerprint density at radius 1 is 1.63 bits per heavy atom. The van der Waals surface area contributed by atoms with Crippen LogP contribution in [0.1, 0.15) is 32.0 Å². The maximum absolute atomic E-state index is 5.83. The van der Waals surface area contributed by atoms with Gasteiger partial charge in [0.05, 0.1) is 31.3 Å². The molecule has 0 saturated carbocycles. The Morgan fingerprint density at radius 2 is 2.42 bits per heavy atom. The Hall–Kier alpha value is -1.17. The van der Waals surface area contributed by atoms with E-state index in [2.05, 4.69) is 28.4 Å². The number of nitrogens with zero attached hydrogens (tertiary/aromatic N) is 2. The zero-order valence-electron chi connectivity index (χ0n) is 12.1. The average molecular weight is 266 g/mol. The summed E-state index contributed by atoms with van der Waals surface area (Å²) in [5.41, 5.74) is 8.01. The molecule has 1 heterocycles. The van der Waals surface area contributed by atoms with Crippen LogP contribution in [0, 0.1) is 0 Å². The van der Waals surface area contributed by atoms with Crippen molar-refractivity contribution in [1.29, 1.82) is 0 Å². The lowest BCUT2D eigenvalue weighted by Gasteiger charge is -2.18. The molecule has 0 aliphatic heterocycles. The fraction of sp³-hybridized carbons (Fsp3) is 0.643. The van der Waals surface area contributed by atoms with Crippen molar-refractivity contribution in [3.8, 4) is 0 Å². The van der Waals surface area contributed by atoms with Gasteiger partial charge in [-0.05, 0) is 13.3 Å². The van der Waals surface area contributed by atoms with Crippen LogP contribution in [-0.2, 0) is 11.3 Å². The predicted octanol–water partition coefficient (Wildman–Crippen LogP) is 1.48. The first-order chi connectivity index (χ1) is 9.19. The summed E-state index contributed by atoms with van der Waals surface area (Å²) in [5.74, 6) is 0. The number of nitrogens with two attached hydrogens (primary N) is 1. The highest BCUT2D eigenvalue weighted by Crippen LogP contribution is 2.11. The molecular formula is C14H26N4O. The standard InChI is InChI=1S/C14H26N4O/c1-4-6-18-11-16-9-14(18)13(8-15)17-5-7-19-10-12(2)3/h9,11,13,17H,2,4-8,10,15H2,1,3H3. The van der Waals surface area contributed by atoms with Gasteiger partial charge in [-0.25, -0.2) is 4.98 Å². The van der Waals surface area contributed by atoms with E-state index in [1.807, 2.05) is 19.4 Å². The van der Waals surface area contributed by atoms with Gasteiger partial charge >= 0.3 is 0 Å². The molecule has 0 saturated heterocycles. The number of ether oxygens (including phenoxy) is 1. The number of hydrogen-bond acceptors (Lipinski definition) is 4. The fourth-order valence-electron chi connectivity index (χ4n) is 1.91. The van der Waals surface area contributed by atoms with Crippen molar-refractivity contribution in [2.45, 2.75) is 32.9 Å². The largest absolute Gasteiger partial charge is 0.376 e. The minimum absolute atomic E-state index is 0.127. The zero-order valence-corrected chi connectivity index (χ0v) is 12.1. The van der Waals surface area contributed by atoms with Crippen molar-refractivity contribution in [3.63, 3.8) is 0 Å². The van der Waals surface area contributed by atoms with Crippen molar-refractivity contribution >= 4 is 0 Å². The monoisotopic (exact) mass is 266 g/mol. The van der Waals surface area contributed by atoms with Crippen molar-refractivity contribution < 1.29 is 4.74 Å². The molecule has 0 aliphatic carbocycles. The first-order valence-electron chi connectivity index (χ1n) is 6.84. The molecule has 3 N–H and O–H groups in total. The topological polar surface area (TPSA) is 65.1 Å². The second-order valence-electron chi connectivity index (χ2n) is 4.76. The molecule has 5 nitrogen and oxygen atoms in total. The number of aryl methyl sites for hydroxylation is 1. The van der Waals surface area contributed by atoms with Crippen molar-refractivity contribution in [2.75, 3.05) is 26.3 Å². The molecule has 0 spiro atoms. The predicted molar refractivity (Wildman–Crippen MR) is 77.9 cm³/mol. The minimum Gasteiger partial charge on any atom is -0.376 e. The van der Waals surface area contributed by atoms with Gasteiger partial charge in [-0.15, -0.1) is 0 Å². The third-order valence-corrected chi connectivity index (χ3v) is 2.79. The van der Waals surface area contributed by atoms with Crippen LogP contribution >= 0.6 is 0 Å². The Labute approximate surface area is 115 Å². The molecule has 0 amide bonds. The molecule has 0 aliphatic rings. The Morgan fingerprint density at radius 3 is 3.05 bits per heavy atom. The quantitative estimate of drug-likeness (QED) is 0.497. The molecule has 108 valence electrons. The van der Waals surface area contributed by atoms with Gasteiger partial charge in [0.2, 0.25) is 0 Å². The van der Waals surface area contributed by atoms with Gasteiger partial charge in [0.15, 0.2) is 0 Å². The molecule has 1 rings (SSSR count). The Balaban J connectivity index is 2.40. The number of nitrogens with one attached hydrogen (secondary N) is 1. The molecule has 0 fully saturated rings. The summed E-state index contributed by atoms with van der Waals surface area (Å²) >= 11 is 0. The van der Waals surface area contributed by atoms with E-state index < -0.39 is 0 Å². The smallest absolute Gasteiger partial charge is 0.0948 e. The van der Waals surface area contributed by atoms with E-state index in [0.717, 1.165) is 30.8 Å². The van der Waals surface area contributed by atoms with Gasteiger partial charge in [-0.3, -0.25) is 0 Å². The number of rotatable bonds is 10. The molecule has 1 aromatic rings. The molecule has 0 radical (unpaired) electrons. The zero-order chi connectivity index (χ0) is 14.1. The number of imidazole rings is 1. The molecule has 19 heavy (non-hydrogen) atoms. The van der Waals surface area contributed by atoms with E-state index in [1.54, 1.807) is 0 Å². The van der Waals surface area contributed by atoms with E-state index in [-0.39, 0.29) is 6.04 Å². The van der Waals surface area contributed by atoms with Crippen LogP contribution in [-0.4, -0.2) is 35.9 Å². The summed E-state index contributed by atoms with van der Waals surface area (Å²) in [5, 5.41) is 3.40. The summed E-state index contributed by atoms with van der Waals surface area (Å²) in [7, 11) is 0. The molecule has 1 unspecified atom stereocenters. The van der Waals surface area contributed by atoms with Crippen LogP contribution < -0.4 is 11.1 Å². The van der Waals surface area contributed by atoms with Crippen LogP contribution in [0.15, 0.2) is 24.7 Å². The lowest BCUT2D eigenvalue weighted by Crippen LogP contribution is -2.32. The van der Waals surface area contributed by atoms with Crippen molar-refractivity contribution in [1.82, 2.24) is 14.9 Å². The molecule has 5 heteroatoms. The highest BCUT2D eigenvalue weighted by atomic mass is 16.5. The summed E-state index contributed by atoms with van der Waals surface area (Å²) in [6, 6.07) is 0.127. The van der Waals surface area contributed by atoms with E-state index in [9.17, 15) is 0 Å². The number of aromatic nitrogens is 2.